The van der Waals surface area contributed by atoms with Crippen LogP contribution in [0.5, 0.6) is 0 Å². The first-order valence-electron chi connectivity index (χ1n) is 59.5. The Hall–Kier alpha value is 2.82. The van der Waals surface area contributed by atoms with Gasteiger partial charge in [0.25, 0.3) is 0 Å². The molecule has 0 unspecified atom stereocenters. The maximum atomic E-state index is 3.14. The highest BCUT2D eigenvalue weighted by atomic mass is 28.4. The van der Waals surface area contributed by atoms with Crippen molar-refractivity contribution in [3.63, 3.8) is 0 Å². The van der Waals surface area contributed by atoms with E-state index in [9.17, 15) is 0 Å². The Morgan fingerprint density at radius 1 is 0.112 bits per heavy atom. The predicted octanol–water partition coefficient (Wildman–Crippen LogP) is 45.9. The summed E-state index contributed by atoms with van der Waals surface area (Å²) in [5.41, 5.74) is 0. The minimum atomic E-state index is -1.78. The second kappa shape index (κ2) is 73.9. The Balaban J connectivity index is 9.54. The van der Waals surface area contributed by atoms with E-state index in [1.807, 2.05) is 0 Å². The van der Waals surface area contributed by atoms with Crippen molar-refractivity contribution in [2.24, 2.45) is 0 Å². The number of unbranched alkanes of at least 4 members (excludes halogenated alkanes) is 16. The number of hydrogen-bond acceptors (Lipinski definition) is 0. The summed E-state index contributed by atoms with van der Waals surface area (Å²) < 4.78 is 0. The molecule has 0 rings (SSSR count). The lowest BCUT2D eigenvalue weighted by atomic mass is 10.4. The zero-order valence-electron chi connectivity index (χ0n) is 93.9. The molecule has 0 aromatic carbocycles. The predicted molar refractivity (Wildman–Crippen MR) is 631 cm³/mol. The maximum absolute atomic E-state index is 3.14. The third-order valence-corrected chi connectivity index (χ3v) is 98.4. The molecular weight excluding hydrogens is 1710 g/mol. The van der Waals surface area contributed by atoms with E-state index >= 15 is 0 Å². The van der Waals surface area contributed by atoms with Gasteiger partial charge in [-0.2, -0.15) is 24.7 Å². The van der Waals surface area contributed by atoms with Crippen LogP contribution in [0.1, 0.15) is 393 Å². The molecule has 0 amide bonds. The summed E-state index contributed by atoms with van der Waals surface area (Å²) >= 11 is 0. The van der Waals surface area contributed by atoms with Gasteiger partial charge < -0.3 is 0 Å². The van der Waals surface area contributed by atoms with Crippen molar-refractivity contribution in [3.8, 4) is 0 Å². The van der Waals surface area contributed by atoms with Gasteiger partial charge in [0.2, 0.25) is 0 Å². The standard InChI is InChI=1S/C112H252Si13/c1-29-45-73-113(17,74-46-30-2)89-61-97-121(25,98-62-90-114(18,75-47-31-3)76-48-32-4)105-69-109-125(110-70-106-122(26,99-63-91-115(19,77-49-33-5)78-50-34-6)100-64-92-116(20,79-51-35-7)80-52-36-8,111-71-107-123(27,101-65-93-117(21,81-53-37-9)82-54-38-10)102-66-94-118(22,83-55-39-11)84-56-40-12)112-72-108-124(28,103-67-95-119(23,85-57-41-13)86-58-42-14)104-68-96-120(24,87-59-43-15)88-60-44-16/h29-112H2,1-28H3/q-1. The molecule has 0 aliphatic carbocycles. The lowest BCUT2D eigenvalue weighted by Gasteiger charge is -2.41. The van der Waals surface area contributed by atoms with Crippen molar-refractivity contribution in [2.45, 2.75) is 714 Å². The fourth-order valence-electron chi connectivity index (χ4n) is 26.0. The SMILES string of the molecule is CCCC[Si](C)(CCCC)CCC[Si](C)(CCC[Si](C)(CCCC)CCCC)CCC[Si](CCC[Si](C)(CCC[Si](C)(CCCC)CCCC)CCC[Si](C)(CCCC)CCCC)(CCC[Si](C)(CCC[Si](C)(CCCC)CCCC)CCC[Si](C)(CCCC)CCCC)CCC[Si](C)(CCC[Si](C)(CCCC)CCCC)CCC[Si-](C)(CCCC)CCCC. The van der Waals surface area contributed by atoms with Crippen LogP contribution >= 0.6 is 0 Å². The molecule has 0 saturated carbocycles. The van der Waals surface area contributed by atoms with Crippen LogP contribution in [0.25, 0.3) is 0 Å². The van der Waals surface area contributed by atoms with Gasteiger partial charge in [-0.25, -0.2) is 0 Å². The smallest absolute Gasteiger partial charge is 0.0535 e. The first-order valence-corrected chi connectivity index (χ1v) is 99.7. The van der Waals surface area contributed by atoms with Crippen LogP contribution in [-0.4, -0.2) is 105 Å². The largest absolute Gasteiger partial charge is 0.169 e. The molecule has 0 aromatic rings. The summed E-state index contributed by atoms with van der Waals surface area (Å²) in [6.45, 7) is 76.2. The van der Waals surface area contributed by atoms with E-state index in [2.05, 4.69) is 189 Å². The van der Waals surface area contributed by atoms with Gasteiger partial charge in [0, 0.05) is 0 Å². The molecule has 0 bridgehead atoms. The molecule has 0 saturated heterocycles. The fourth-order valence-corrected chi connectivity index (χ4v) is 84.4. The summed E-state index contributed by atoms with van der Waals surface area (Å²) in [7, 11) is -18.0. The summed E-state index contributed by atoms with van der Waals surface area (Å²) in [5.74, 6) is 0. The fraction of sp³-hybridized carbons (Fsp3) is 1.00. The Morgan fingerprint density at radius 2 is 0.200 bits per heavy atom. The van der Waals surface area contributed by atoms with Crippen LogP contribution in [0.15, 0.2) is 0 Å². The molecule has 13 heteroatoms. The molecule has 0 heterocycles. The molecule has 0 N–H and O–H groups in total. The van der Waals surface area contributed by atoms with E-state index in [1.165, 1.54) is 205 Å². The van der Waals surface area contributed by atoms with Crippen molar-refractivity contribution in [1.29, 1.82) is 0 Å². The number of rotatable bonds is 96. The minimum absolute atomic E-state index is 1.25. The topological polar surface area (TPSA) is 0 Å². The summed E-state index contributed by atoms with van der Waals surface area (Å²) in [6.07, 6.45) is 66.2. The Kier molecular flexibility index (Phi) is 75.6. The second-order valence-electron chi connectivity index (χ2n) is 51.1. The average molecular weight is 1960 g/mol. The van der Waals surface area contributed by atoms with Crippen molar-refractivity contribution in [2.75, 3.05) is 0 Å². The molecule has 0 aliphatic heterocycles. The minimum Gasteiger partial charge on any atom is -0.169 e. The third kappa shape index (κ3) is 61.8. The molecule has 0 aromatic heterocycles. The number of hydrogen-bond donors (Lipinski definition) is 0. The highest BCUT2D eigenvalue weighted by molar-refractivity contribution is 6.86. The Bertz CT molecular complexity index is 1890. The van der Waals surface area contributed by atoms with Crippen LogP contribution in [0.4, 0.5) is 0 Å². The molecule has 0 nitrogen and oxygen atoms in total. The van der Waals surface area contributed by atoms with Crippen molar-refractivity contribution >= 4 is 105 Å². The van der Waals surface area contributed by atoms with Crippen molar-refractivity contribution in [3.05, 3.63) is 0 Å². The molecule has 753 valence electrons. The lowest BCUT2D eigenvalue weighted by molar-refractivity contribution is 0.801. The molecule has 0 radical (unpaired) electrons. The van der Waals surface area contributed by atoms with Crippen molar-refractivity contribution in [1.82, 2.24) is 0 Å². The van der Waals surface area contributed by atoms with E-state index in [0.717, 1.165) is 0 Å². The molecule has 0 aliphatic rings. The van der Waals surface area contributed by atoms with Gasteiger partial charge in [0.1, 0.15) is 0 Å². The Labute approximate surface area is 811 Å². The summed E-state index contributed by atoms with van der Waals surface area (Å²) in [5, 5.41) is 0. The molecule has 0 atom stereocenters. The summed E-state index contributed by atoms with van der Waals surface area (Å²) in [6, 6.07) is 66.6. The van der Waals surface area contributed by atoms with Gasteiger partial charge in [0.15, 0.2) is 0 Å². The van der Waals surface area contributed by atoms with Crippen LogP contribution in [-0.2, 0) is 0 Å². The van der Waals surface area contributed by atoms with Gasteiger partial charge in [-0.05, 0) is 0 Å². The quantitative estimate of drug-likeness (QED) is 0.0533. The van der Waals surface area contributed by atoms with E-state index in [4.69, 9.17) is 0 Å². The van der Waals surface area contributed by atoms with Crippen LogP contribution in [0.2, 0.25) is 320 Å². The third-order valence-electron chi connectivity index (χ3n) is 36.6. The van der Waals surface area contributed by atoms with E-state index in [1.54, 1.807) is 319 Å². The van der Waals surface area contributed by atoms with Crippen LogP contribution < -0.4 is 0 Å². The van der Waals surface area contributed by atoms with Gasteiger partial charge in [-0.1, -0.05) is 689 Å². The van der Waals surface area contributed by atoms with E-state index in [0.29, 0.717) is 0 Å². The zero-order chi connectivity index (χ0) is 93.9. The van der Waals surface area contributed by atoms with Gasteiger partial charge in [-0.3, -0.25) is 0 Å². The van der Waals surface area contributed by atoms with E-state index < -0.39 is 105 Å². The molecule has 125 heavy (non-hydrogen) atoms. The zero-order valence-corrected chi connectivity index (χ0v) is 107. The second-order valence-corrected chi connectivity index (χ2v) is 118. The molecular formula is C112H252Si13-. The highest BCUT2D eigenvalue weighted by Gasteiger charge is 2.42. The average Bonchev–Trinajstić information content (AvgIpc) is 0.739. The first kappa shape index (κ1) is 128. The van der Waals surface area contributed by atoms with Crippen LogP contribution in [0, 0.1) is 0 Å². The maximum Gasteiger partial charge on any atom is 0.0535 e. The van der Waals surface area contributed by atoms with Gasteiger partial charge in [-0.15, -0.1) is 8.07 Å². The highest BCUT2D eigenvalue weighted by Crippen LogP contribution is 2.47. The van der Waals surface area contributed by atoms with Crippen LogP contribution in [0.3, 0.4) is 0 Å². The van der Waals surface area contributed by atoms with Gasteiger partial charge in [0.05, 0.1) is 96.9 Å². The lowest BCUT2D eigenvalue weighted by Crippen LogP contribution is -2.40. The molecule has 0 spiro atoms. The van der Waals surface area contributed by atoms with Gasteiger partial charge >= 0.3 is 0 Å². The first-order chi connectivity index (χ1) is 59.5. The molecule has 0 fully saturated rings. The Morgan fingerprint density at radius 3 is 0.312 bits per heavy atom. The van der Waals surface area contributed by atoms with Crippen molar-refractivity contribution < 1.29 is 0 Å². The summed E-state index contributed by atoms with van der Waals surface area (Å²) in [4.78, 5) is 0. The normalized spacial score (nSPS) is 14.1. The van der Waals surface area contributed by atoms with E-state index in [-0.39, 0.29) is 0 Å². The monoisotopic (exact) mass is 1960 g/mol.